The molecule has 1 aliphatic heterocycles. The van der Waals surface area contributed by atoms with Gasteiger partial charge in [0.25, 0.3) is 5.89 Å². The summed E-state index contributed by atoms with van der Waals surface area (Å²) in [5.41, 5.74) is 7.81. The van der Waals surface area contributed by atoms with E-state index in [4.69, 9.17) is 10.2 Å². The van der Waals surface area contributed by atoms with Crippen molar-refractivity contribution in [1.29, 1.82) is 0 Å². The molecule has 2 N–H and O–H groups in total. The zero-order chi connectivity index (χ0) is 21.3. The molecule has 1 saturated heterocycles. The first-order valence-corrected chi connectivity index (χ1v) is 11.4. The van der Waals surface area contributed by atoms with Crippen LogP contribution in [0.4, 0.5) is 6.01 Å². The summed E-state index contributed by atoms with van der Waals surface area (Å²) in [4.78, 5) is 11.1. The van der Waals surface area contributed by atoms with Crippen LogP contribution in [0.1, 0.15) is 26.7 Å². The van der Waals surface area contributed by atoms with Crippen molar-refractivity contribution in [3.05, 3.63) is 36.7 Å². The topological polar surface area (TPSA) is 128 Å². The van der Waals surface area contributed by atoms with Crippen molar-refractivity contribution in [2.24, 2.45) is 5.73 Å². The number of sulfone groups is 1. The molecule has 3 heterocycles. The maximum Gasteiger partial charge on any atom is 0.318 e. The smallest absolute Gasteiger partial charge is 0.318 e. The van der Waals surface area contributed by atoms with Gasteiger partial charge in [0, 0.05) is 24.7 Å². The second kappa shape index (κ2) is 8.11. The Labute approximate surface area is 175 Å². The Morgan fingerprint density at radius 2 is 1.87 bits per heavy atom. The highest BCUT2D eigenvalue weighted by molar-refractivity contribution is 7.92. The van der Waals surface area contributed by atoms with Crippen LogP contribution in [-0.2, 0) is 9.84 Å². The van der Waals surface area contributed by atoms with Crippen LogP contribution in [0.2, 0.25) is 0 Å². The van der Waals surface area contributed by atoms with E-state index in [0.29, 0.717) is 23.9 Å². The highest BCUT2D eigenvalue weighted by Crippen LogP contribution is 2.26. The average molecular weight is 429 g/mol. The Hall–Kier alpha value is -2.85. The van der Waals surface area contributed by atoms with Crippen molar-refractivity contribution in [2.45, 2.75) is 42.9 Å². The lowest BCUT2D eigenvalue weighted by Gasteiger charge is -2.28. The van der Waals surface area contributed by atoms with Crippen LogP contribution in [-0.4, -0.2) is 53.0 Å². The molecule has 1 fully saturated rings. The minimum absolute atomic E-state index is 0.0969. The second-order valence-corrected chi connectivity index (χ2v) is 10.2. The minimum atomic E-state index is -3.32. The first-order valence-electron chi connectivity index (χ1n) is 9.85. The Bertz CT molecular complexity index is 1130. The van der Waals surface area contributed by atoms with E-state index in [1.807, 2.05) is 4.90 Å². The molecule has 0 saturated carbocycles. The number of nitrogens with zero attached hydrogens (tertiary/aromatic N) is 5. The summed E-state index contributed by atoms with van der Waals surface area (Å²) in [5, 5.41) is 7.75. The molecule has 2 aromatic heterocycles. The minimum Gasteiger partial charge on any atom is -0.401 e. The fourth-order valence-corrected chi connectivity index (χ4v) is 4.39. The molecule has 1 aliphatic rings. The predicted octanol–water partition coefficient (Wildman–Crippen LogP) is 2.30. The Morgan fingerprint density at radius 1 is 1.13 bits per heavy atom. The number of piperidine rings is 1. The van der Waals surface area contributed by atoms with Crippen molar-refractivity contribution in [3.8, 4) is 22.8 Å². The van der Waals surface area contributed by atoms with Gasteiger partial charge in [0.1, 0.15) is 5.69 Å². The van der Waals surface area contributed by atoms with Crippen LogP contribution in [0, 0.1) is 0 Å². The van der Waals surface area contributed by atoms with Gasteiger partial charge in [-0.15, -0.1) is 5.10 Å². The van der Waals surface area contributed by atoms with Gasteiger partial charge >= 0.3 is 6.01 Å². The van der Waals surface area contributed by atoms with Crippen LogP contribution in [0.5, 0.6) is 0 Å². The third-order valence-electron chi connectivity index (χ3n) is 5.10. The van der Waals surface area contributed by atoms with Crippen LogP contribution in [0.15, 0.2) is 46.0 Å². The molecule has 1 unspecified atom stereocenters. The number of nitrogens with two attached hydrogens (primary N) is 1. The van der Waals surface area contributed by atoms with Gasteiger partial charge in [-0.05, 0) is 38.8 Å². The molecule has 0 radical (unpaired) electrons. The molecule has 30 heavy (non-hydrogen) atoms. The highest BCUT2D eigenvalue weighted by Gasteiger charge is 2.23. The lowest BCUT2D eigenvalue weighted by atomic mass is 10.1. The quantitative estimate of drug-likeness (QED) is 0.651. The Balaban J connectivity index is 1.58. The summed E-state index contributed by atoms with van der Waals surface area (Å²) in [5.74, 6) is 0.275. The third kappa shape index (κ3) is 4.05. The van der Waals surface area contributed by atoms with Gasteiger partial charge in [-0.3, -0.25) is 4.98 Å². The van der Waals surface area contributed by atoms with Crippen LogP contribution in [0.25, 0.3) is 22.8 Å². The molecule has 1 aromatic carbocycles. The number of hydrogen-bond acceptors (Lipinski definition) is 9. The summed E-state index contributed by atoms with van der Waals surface area (Å²) in [6.45, 7) is 4.83. The summed E-state index contributed by atoms with van der Waals surface area (Å²) < 4.78 is 30.4. The molecule has 4 rings (SSSR count). The molecular formula is C20H24N6O3S. The lowest BCUT2D eigenvalue weighted by Crippen LogP contribution is -2.43. The molecule has 3 aromatic rings. The highest BCUT2D eigenvalue weighted by atomic mass is 32.2. The van der Waals surface area contributed by atoms with Gasteiger partial charge in [-0.25, -0.2) is 13.4 Å². The normalized spacial score (nSPS) is 17.5. The van der Waals surface area contributed by atoms with Gasteiger partial charge in [-0.2, -0.15) is 0 Å². The maximum absolute atomic E-state index is 12.3. The molecule has 0 aliphatic carbocycles. The molecule has 158 valence electrons. The van der Waals surface area contributed by atoms with Gasteiger partial charge in [-0.1, -0.05) is 17.2 Å². The van der Waals surface area contributed by atoms with Crippen molar-refractivity contribution < 1.29 is 12.8 Å². The fraction of sp³-hybridized carbons (Fsp3) is 0.400. The number of hydrogen-bond donors (Lipinski definition) is 1. The van der Waals surface area contributed by atoms with Crippen LogP contribution < -0.4 is 10.6 Å². The van der Waals surface area contributed by atoms with E-state index in [9.17, 15) is 8.42 Å². The standard InChI is InChI=1S/C20H24N6O3S/c1-13(2)30(27,28)16-7-5-14(6-8-16)17-10-22-11-18(23-17)19-24-25-20(29-19)26-9-3-4-15(21)12-26/h5-8,10-11,13,15H,3-4,9,12,21H2,1-2H3. The lowest BCUT2D eigenvalue weighted by molar-refractivity contribution is 0.461. The van der Waals surface area contributed by atoms with Crippen molar-refractivity contribution >= 4 is 15.9 Å². The first kappa shape index (κ1) is 20.4. The van der Waals surface area contributed by atoms with Crippen molar-refractivity contribution in [3.63, 3.8) is 0 Å². The van der Waals surface area contributed by atoms with Crippen molar-refractivity contribution in [2.75, 3.05) is 18.0 Å². The first-order chi connectivity index (χ1) is 14.3. The zero-order valence-electron chi connectivity index (χ0n) is 16.9. The predicted molar refractivity (Wildman–Crippen MR) is 113 cm³/mol. The summed E-state index contributed by atoms with van der Waals surface area (Å²) in [7, 11) is -3.32. The zero-order valence-corrected chi connectivity index (χ0v) is 17.7. The van der Waals surface area contributed by atoms with E-state index >= 15 is 0 Å². The molecule has 0 spiro atoms. The molecule has 10 heteroatoms. The van der Waals surface area contributed by atoms with Crippen molar-refractivity contribution in [1.82, 2.24) is 20.2 Å². The van der Waals surface area contributed by atoms with E-state index in [1.54, 1.807) is 50.5 Å². The van der Waals surface area contributed by atoms with E-state index in [2.05, 4.69) is 20.2 Å². The van der Waals surface area contributed by atoms with Gasteiger partial charge < -0.3 is 15.1 Å². The third-order valence-corrected chi connectivity index (χ3v) is 7.27. The molecule has 0 bridgehead atoms. The monoisotopic (exact) mass is 428 g/mol. The summed E-state index contributed by atoms with van der Waals surface area (Å²) in [6, 6.07) is 7.14. The average Bonchev–Trinajstić information content (AvgIpc) is 3.24. The number of aromatic nitrogens is 4. The fourth-order valence-electron chi connectivity index (χ4n) is 3.33. The molecule has 0 amide bonds. The number of benzene rings is 1. The Morgan fingerprint density at radius 3 is 2.57 bits per heavy atom. The summed E-state index contributed by atoms with van der Waals surface area (Å²) >= 11 is 0. The second-order valence-electron chi connectivity index (χ2n) is 7.65. The summed E-state index contributed by atoms with van der Waals surface area (Å²) in [6.07, 6.45) is 5.13. The van der Waals surface area contributed by atoms with E-state index in [0.717, 1.165) is 24.9 Å². The van der Waals surface area contributed by atoms with Gasteiger partial charge in [0.2, 0.25) is 0 Å². The van der Waals surface area contributed by atoms with Crippen LogP contribution >= 0.6 is 0 Å². The SMILES string of the molecule is CC(C)S(=O)(=O)c1ccc(-c2cncc(-c3nnc(N4CCCC(N)C4)o3)n2)cc1. The number of rotatable bonds is 5. The van der Waals surface area contributed by atoms with E-state index in [-0.39, 0.29) is 16.8 Å². The maximum atomic E-state index is 12.3. The molecular weight excluding hydrogens is 404 g/mol. The van der Waals surface area contributed by atoms with Gasteiger partial charge in [0.05, 0.1) is 28.2 Å². The number of anilines is 1. The van der Waals surface area contributed by atoms with Crippen LogP contribution in [0.3, 0.4) is 0 Å². The largest absolute Gasteiger partial charge is 0.401 e. The molecule has 1 atom stereocenters. The van der Waals surface area contributed by atoms with E-state index < -0.39 is 15.1 Å². The Kier molecular flexibility index (Phi) is 5.52. The van der Waals surface area contributed by atoms with Gasteiger partial charge in [0.15, 0.2) is 9.84 Å². The van der Waals surface area contributed by atoms with E-state index in [1.165, 1.54) is 0 Å². The molecule has 9 nitrogen and oxygen atoms in total.